The van der Waals surface area contributed by atoms with E-state index in [1.165, 1.54) is 0 Å². The van der Waals surface area contributed by atoms with E-state index in [1.54, 1.807) is 0 Å². The second kappa shape index (κ2) is 2.95. The van der Waals surface area contributed by atoms with Crippen molar-refractivity contribution >= 4 is 5.78 Å². The van der Waals surface area contributed by atoms with Crippen LogP contribution >= 0.6 is 0 Å². The standard InChI is InChI=1S/C5H4F6O/c1-2(12)4(7,8)3(6)5(9,10)11/h3H,1H3/t3-/m1/s1. The third kappa shape index (κ3) is 2.12. The Hall–Kier alpha value is -0.750. The second-order valence-corrected chi connectivity index (χ2v) is 2.08. The van der Waals surface area contributed by atoms with Crippen LogP contribution < -0.4 is 0 Å². The smallest absolute Gasteiger partial charge is 0.293 e. The average molecular weight is 194 g/mol. The summed E-state index contributed by atoms with van der Waals surface area (Å²) in [5.41, 5.74) is 0. The van der Waals surface area contributed by atoms with Gasteiger partial charge in [-0.05, 0) is 0 Å². The molecule has 0 unspecified atom stereocenters. The average Bonchev–Trinajstić information content (AvgIpc) is 1.83. The van der Waals surface area contributed by atoms with Gasteiger partial charge in [0, 0.05) is 6.92 Å². The van der Waals surface area contributed by atoms with Crippen LogP contribution in [-0.2, 0) is 4.79 Å². The van der Waals surface area contributed by atoms with Gasteiger partial charge >= 0.3 is 12.1 Å². The molecule has 0 rings (SSSR count). The minimum Gasteiger partial charge on any atom is -0.293 e. The number of carbonyl (C=O) groups excluding carboxylic acids is 1. The maximum Gasteiger partial charge on any atom is 0.426 e. The molecule has 0 radical (unpaired) electrons. The molecule has 0 amide bonds. The molecule has 0 aliphatic carbocycles. The lowest BCUT2D eigenvalue weighted by molar-refractivity contribution is -0.238. The van der Waals surface area contributed by atoms with Gasteiger partial charge in [0.1, 0.15) is 0 Å². The van der Waals surface area contributed by atoms with Crippen LogP contribution in [0.4, 0.5) is 26.3 Å². The Morgan fingerprint density at radius 1 is 1.17 bits per heavy atom. The van der Waals surface area contributed by atoms with Gasteiger partial charge in [-0.2, -0.15) is 22.0 Å². The Bertz CT molecular complexity index is 183. The van der Waals surface area contributed by atoms with Crippen molar-refractivity contribution in [1.29, 1.82) is 0 Å². The number of ketones is 1. The van der Waals surface area contributed by atoms with Crippen LogP contribution in [0.2, 0.25) is 0 Å². The number of carbonyl (C=O) groups is 1. The topological polar surface area (TPSA) is 17.1 Å². The molecular weight excluding hydrogens is 190 g/mol. The number of Topliss-reactive ketones (excluding diaryl/α,β-unsaturated/α-hetero) is 1. The molecule has 0 aromatic heterocycles. The van der Waals surface area contributed by atoms with Gasteiger partial charge in [0.25, 0.3) is 6.17 Å². The van der Waals surface area contributed by atoms with E-state index in [-0.39, 0.29) is 6.92 Å². The van der Waals surface area contributed by atoms with E-state index >= 15 is 0 Å². The van der Waals surface area contributed by atoms with Crippen molar-refractivity contribution in [2.45, 2.75) is 25.2 Å². The highest BCUT2D eigenvalue weighted by molar-refractivity contribution is 5.83. The molecule has 72 valence electrons. The summed E-state index contributed by atoms with van der Waals surface area (Å²) in [5.74, 6) is -7.13. The number of halogens is 6. The molecule has 0 saturated heterocycles. The highest BCUT2D eigenvalue weighted by Gasteiger charge is 2.59. The molecule has 0 aliphatic heterocycles. The first-order valence-corrected chi connectivity index (χ1v) is 2.69. The zero-order valence-corrected chi connectivity index (χ0v) is 5.75. The summed E-state index contributed by atoms with van der Waals surface area (Å²) < 4.78 is 69.7. The predicted octanol–water partition coefficient (Wildman–Crippen LogP) is 2.11. The first-order valence-electron chi connectivity index (χ1n) is 2.69. The highest BCUT2D eigenvalue weighted by atomic mass is 19.4. The zero-order valence-electron chi connectivity index (χ0n) is 5.75. The van der Waals surface area contributed by atoms with Gasteiger partial charge in [0.15, 0.2) is 0 Å². The normalized spacial score (nSPS) is 15.9. The molecule has 1 atom stereocenters. The summed E-state index contributed by atoms with van der Waals surface area (Å²) in [7, 11) is 0. The Balaban J connectivity index is 4.69. The number of hydrogen-bond donors (Lipinski definition) is 0. The molecule has 12 heavy (non-hydrogen) atoms. The molecule has 0 saturated carbocycles. The van der Waals surface area contributed by atoms with Crippen LogP contribution in [0.3, 0.4) is 0 Å². The van der Waals surface area contributed by atoms with Crippen LogP contribution in [0.5, 0.6) is 0 Å². The Kier molecular flexibility index (Phi) is 2.76. The largest absolute Gasteiger partial charge is 0.426 e. The van der Waals surface area contributed by atoms with Crippen LogP contribution in [0, 0.1) is 0 Å². The van der Waals surface area contributed by atoms with Crippen molar-refractivity contribution in [3.05, 3.63) is 0 Å². The Labute approximate surface area is 63.4 Å². The monoisotopic (exact) mass is 194 g/mol. The van der Waals surface area contributed by atoms with Crippen LogP contribution in [0.15, 0.2) is 0 Å². The number of rotatable bonds is 2. The Morgan fingerprint density at radius 3 is 1.58 bits per heavy atom. The minimum atomic E-state index is -5.71. The summed E-state index contributed by atoms with van der Waals surface area (Å²) in [6.45, 7) is 0.193. The fourth-order valence-electron chi connectivity index (χ4n) is 0.384. The van der Waals surface area contributed by atoms with Gasteiger partial charge < -0.3 is 0 Å². The van der Waals surface area contributed by atoms with Crippen LogP contribution in [0.25, 0.3) is 0 Å². The molecule has 0 aromatic rings. The van der Waals surface area contributed by atoms with E-state index in [0.29, 0.717) is 0 Å². The lowest BCUT2D eigenvalue weighted by atomic mass is 10.1. The molecule has 1 nitrogen and oxygen atoms in total. The van der Waals surface area contributed by atoms with Gasteiger partial charge in [-0.15, -0.1) is 0 Å². The molecule has 7 heteroatoms. The molecule has 0 heterocycles. The molecule has 0 N–H and O–H groups in total. The summed E-state index contributed by atoms with van der Waals surface area (Å²) >= 11 is 0. The van der Waals surface area contributed by atoms with Crippen molar-refractivity contribution in [2.75, 3.05) is 0 Å². The van der Waals surface area contributed by atoms with E-state index in [4.69, 9.17) is 0 Å². The molecule has 0 fully saturated rings. The van der Waals surface area contributed by atoms with Gasteiger partial charge in [0.2, 0.25) is 5.78 Å². The molecule has 0 bridgehead atoms. The van der Waals surface area contributed by atoms with Gasteiger partial charge in [0.05, 0.1) is 0 Å². The number of alkyl halides is 6. The maximum absolute atomic E-state index is 12.0. The Morgan fingerprint density at radius 2 is 1.50 bits per heavy atom. The predicted molar refractivity (Wildman–Crippen MR) is 26.6 cm³/mol. The zero-order chi connectivity index (χ0) is 10.2. The quantitative estimate of drug-likeness (QED) is 0.615. The number of hydrogen-bond acceptors (Lipinski definition) is 1. The van der Waals surface area contributed by atoms with Crippen LogP contribution in [-0.4, -0.2) is 24.1 Å². The first-order chi connectivity index (χ1) is 5.10. The van der Waals surface area contributed by atoms with Gasteiger partial charge in [-0.3, -0.25) is 4.79 Å². The summed E-state index contributed by atoms with van der Waals surface area (Å²) in [5, 5.41) is 0. The van der Waals surface area contributed by atoms with Crippen LogP contribution in [0.1, 0.15) is 6.92 Å². The summed E-state index contributed by atoms with van der Waals surface area (Å²) in [4.78, 5) is 9.86. The SMILES string of the molecule is CC(=O)C(F)(F)[C@@H](F)C(F)(F)F. The second-order valence-electron chi connectivity index (χ2n) is 2.08. The van der Waals surface area contributed by atoms with E-state index in [1.807, 2.05) is 0 Å². The van der Waals surface area contributed by atoms with Crippen molar-refractivity contribution in [2.24, 2.45) is 0 Å². The van der Waals surface area contributed by atoms with Crippen molar-refractivity contribution in [3.8, 4) is 0 Å². The lowest BCUT2D eigenvalue weighted by Gasteiger charge is -2.19. The first kappa shape index (κ1) is 11.2. The third-order valence-corrected chi connectivity index (χ3v) is 1.08. The summed E-state index contributed by atoms with van der Waals surface area (Å²) in [6.07, 6.45) is -10.1. The minimum absolute atomic E-state index is 0.193. The van der Waals surface area contributed by atoms with E-state index in [9.17, 15) is 31.1 Å². The maximum atomic E-state index is 12.0. The van der Waals surface area contributed by atoms with Crippen molar-refractivity contribution in [1.82, 2.24) is 0 Å². The fraction of sp³-hybridized carbons (Fsp3) is 0.800. The van der Waals surface area contributed by atoms with E-state index in [2.05, 4.69) is 0 Å². The highest BCUT2D eigenvalue weighted by Crippen LogP contribution is 2.35. The fourth-order valence-corrected chi connectivity index (χ4v) is 0.384. The molecular formula is C5H4F6O. The summed E-state index contributed by atoms with van der Waals surface area (Å²) in [6, 6.07) is 0. The van der Waals surface area contributed by atoms with E-state index in [0.717, 1.165) is 0 Å². The molecule has 0 aromatic carbocycles. The van der Waals surface area contributed by atoms with Gasteiger partial charge in [-0.1, -0.05) is 0 Å². The van der Waals surface area contributed by atoms with E-state index < -0.39 is 24.1 Å². The van der Waals surface area contributed by atoms with Crippen molar-refractivity contribution in [3.63, 3.8) is 0 Å². The van der Waals surface area contributed by atoms with Crippen molar-refractivity contribution < 1.29 is 31.1 Å². The molecule has 0 aliphatic rings. The molecule has 0 spiro atoms. The third-order valence-electron chi connectivity index (χ3n) is 1.08. The van der Waals surface area contributed by atoms with Gasteiger partial charge in [-0.25, -0.2) is 4.39 Å². The lowest BCUT2D eigenvalue weighted by Crippen LogP contribution is -2.46.